The summed E-state index contributed by atoms with van der Waals surface area (Å²) in [6, 6.07) is 11.2. The highest BCUT2D eigenvalue weighted by Crippen LogP contribution is 2.04. The van der Waals surface area contributed by atoms with Crippen molar-refractivity contribution in [3.8, 4) is 12.1 Å². The van der Waals surface area contributed by atoms with Crippen molar-refractivity contribution in [2.75, 3.05) is 6.61 Å². The molecule has 1 unspecified atom stereocenters. The van der Waals surface area contributed by atoms with Gasteiger partial charge in [-0.25, -0.2) is 0 Å². The normalized spacial score (nSPS) is 17.6. The van der Waals surface area contributed by atoms with Crippen molar-refractivity contribution in [1.29, 1.82) is 10.5 Å². The third kappa shape index (κ3) is 2.21. The number of nitrogens with one attached hydrogen (secondary N) is 1. The molecule has 1 fully saturated rings. The summed E-state index contributed by atoms with van der Waals surface area (Å²) in [5.41, 5.74) is 0.121. The standard InChI is InChI=1S/C13H11N3O/c1-9-8-17-13(16-9)11-4-2-10(3-5-11)12(6-14)7-15/h2-5,9,16H,8H2,1H3. The smallest absolute Gasteiger partial charge is 0.194 e. The predicted molar refractivity (Wildman–Crippen MR) is 62.3 cm³/mol. The van der Waals surface area contributed by atoms with Crippen LogP contribution >= 0.6 is 0 Å². The minimum absolute atomic E-state index is 0.121. The Kier molecular flexibility index (Phi) is 2.98. The molecule has 2 rings (SSSR count). The molecular formula is C13H11N3O. The van der Waals surface area contributed by atoms with Gasteiger partial charge in [-0.1, -0.05) is 12.1 Å². The highest BCUT2D eigenvalue weighted by molar-refractivity contribution is 5.72. The van der Waals surface area contributed by atoms with Crippen molar-refractivity contribution in [2.45, 2.75) is 13.0 Å². The topological polar surface area (TPSA) is 68.8 Å². The molecule has 0 radical (unpaired) electrons. The highest BCUT2D eigenvalue weighted by atomic mass is 16.5. The molecule has 4 nitrogen and oxygen atoms in total. The number of nitrogens with zero attached hydrogens (tertiary/aromatic N) is 2. The van der Waals surface area contributed by atoms with E-state index in [2.05, 4.69) is 5.32 Å². The summed E-state index contributed by atoms with van der Waals surface area (Å²) >= 11 is 0. The van der Waals surface area contributed by atoms with Crippen LogP contribution in [0.25, 0.3) is 11.5 Å². The van der Waals surface area contributed by atoms with Crippen LogP contribution in [0, 0.1) is 22.7 Å². The Bertz CT molecular complexity index is 595. The molecule has 84 valence electrons. The molecule has 4 heteroatoms. The molecule has 1 atom stereocenters. The van der Waals surface area contributed by atoms with Crippen LogP contribution in [0.3, 0.4) is 0 Å². The van der Waals surface area contributed by atoms with Gasteiger partial charge >= 0.3 is 0 Å². The van der Waals surface area contributed by atoms with Crippen LogP contribution in [0.2, 0.25) is 0 Å². The molecule has 1 aliphatic rings. The second kappa shape index (κ2) is 4.59. The van der Waals surface area contributed by atoms with E-state index in [-0.39, 0.29) is 5.57 Å². The van der Waals surface area contributed by atoms with Gasteiger partial charge in [0.15, 0.2) is 5.88 Å². The largest absolute Gasteiger partial charge is 0.477 e. The van der Waals surface area contributed by atoms with Gasteiger partial charge < -0.3 is 10.1 Å². The summed E-state index contributed by atoms with van der Waals surface area (Å²) in [5.74, 6) is 0.750. The Morgan fingerprint density at radius 1 is 1.29 bits per heavy atom. The molecule has 0 amide bonds. The fraction of sp³-hybridized carbons (Fsp3) is 0.231. The Balaban J connectivity index is 2.49. The summed E-state index contributed by atoms with van der Waals surface area (Å²) in [6.45, 7) is 2.70. The van der Waals surface area contributed by atoms with Crippen molar-refractivity contribution in [2.24, 2.45) is 0 Å². The van der Waals surface area contributed by atoms with E-state index in [0.29, 0.717) is 17.9 Å². The number of ether oxygens (including phenoxy) is 1. The first kappa shape index (κ1) is 11.0. The van der Waals surface area contributed by atoms with Crippen molar-refractivity contribution in [3.05, 3.63) is 34.7 Å². The van der Waals surface area contributed by atoms with Crippen LogP contribution in [-0.2, 0) is 4.74 Å². The molecule has 0 spiro atoms. The predicted octanol–water partition coefficient (Wildman–Crippen LogP) is -0.0415. The average molecular weight is 225 g/mol. The number of rotatable bonds is 0. The molecule has 0 saturated carbocycles. The zero-order chi connectivity index (χ0) is 12.3. The number of hydrogen-bond donors (Lipinski definition) is 1. The van der Waals surface area contributed by atoms with Gasteiger partial charge in [-0.2, -0.15) is 10.5 Å². The minimum atomic E-state index is 0.121. The van der Waals surface area contributed by atoms with Gasteiger partial charge in [-0.15, -0.1) is 0 Å². The lowest BCUT2D eigenvalue weighted by Gasteiger charge is -1.98. The van der Waals surface area contributed by atoms with E-state index in [1.54, 1.807) is 12.1 Å². The lowest BCUT2D eigenvalue weighted by atomic mass is 10.2. The molecule has 1 aliphatic heterocycles. The summed E-state index contributed by atoms with van der Waals surface area (Å²) in [5, 5.41) is 22.2. The zero-order valence-electron chi connectivity index (χ0n) is 9.40. The Labute approximate surface area is 99.0 Å². The van der Waals surface area contributed by atoms with Gasteiger partial charge in [0, 0.05) is 10.4 Å². The van der Waals surface area contributed by atoms with Gasteiger partial charge in [0.1, 0.15) is 24.3 Å². The van der Waals surface area contributed by atoms with Crippen molar-refractivity contribution >= 4 is 11.5 Å². The fourth-order valence-electron chi connectivity index (χ4n) is 1.62. The van der Waals surface area contributed by atoms with Crippen molar-refractivity contribution in [1.82, 2.24) is 5.32 Å². The second-order valence-corrected chi connectivity index (χ2v) is 3.86. The molecule has 0 aliphatic carbocycles. The molecule has 1 N–H and O–H groups in total. The van der Waals surface area contributed by atoms with E-state index >= 15 is 0 Å². The monoisotopic (exact) mass is 225 g/mol. The first-order valence-electron chi connectivity index (χ1n) is 5.29. The van der Waals surface area contributed by atoms with Gasteiger partial charge in [0.25, 0.3) is 0 Å². The van der Waals surface area contributed by atoms with Gasteiger partial charge in [0.2, 0.25) is 0 Å². The van der Waals surface area contributed by atoms with Gasteiger partial charge in [0.05, 0.1) is 6.04 Å². The van der Waals surface area contributed by atoms with E-state index in [4.69, 9.17) is 15.3 Å². The van der Waals surface area contributed by atoms with Crippen LogP contribution in [0.4, 0.5) is 0 Å². The van der Waals surface area contributed by atoms with E-state index < -0.39 is 0 Å². The average Bonchev–Trinajstić information content (AvgIpc) is 2.78. The van der Waals surface area contributed by atoms with Gasteiger partial charge in [-0.05, 0) is 19.1 Å². The second-order valence-electron chi connectivity index (χ2n) is 3.86. The van der Waals surface area contributed by atoms with E-state index in [0.717, 1.165) is 11.1 Å². The Morgan fingerprint density at radius 3 is 2.41 bits per heavy atom. The minimum Gasteiger partial charge on any atom is -0.477 e. The van der Waals surface area contributed by atoms with Crippen LogP contribution in [0.15, 0.2) is 24.3 Å². The molecule has 1 heterocycles. The Hall–Kier alpha value is -2.46. The molecule has 0 aromatic heterocycles. The lowest BCUT2D eigenvalue weighted by Crippen LogP contribution is -2.22. The SMILES string of the molecule is CC1COC(=c2ccc(=C(C#N)C#N)cc2)N1. The van der Waals surface area contributed by atoms with Crippen molar-refractivity contribution < 1.29 is 4.74 Å². The molecular weight excluding hydrogens is 214 g/mol. The maximum atomic E-state index is 8.74. The number of nitriles is 2. The van der Waals surface area contributed by atoms with E-state index in [9.17, 15) is 0 Å². The summed E-state index contributed by atoms with van der Waals surface area (Å²) < 4.78 is 5.47. The summed E-state index contributed by atoms with van der Waals surface area (Å²) in [6.07, 6.45) is 0. The fourth-order valence-corrected chi connectivity index (χ4v) is 1.62. The number of benzene rings is 1. The van der Waals surface area contributed by atoms with Crippen LogP contribution in [0.1, 0.15) is 6.92 Å². The first-order valence-corrected chi connectivity index (χ1v) is 5.29. The number of hydrogen-bond acceptors (Lipinski definition) is 4. The molecule has 1 aromatic rings. The quantitative estimate of drug-likeness (QED) is 0.672. The summed E-state index contributed by atoms with van der Waals surface area (Å²) in [4.78, 5) is 0. The maximum Gasteiger partial charge on any atom is 0.194 e. The van der Waals surface area contributed by atoms with Crippen molar-refractivity contribution in [3.63, 3.8) is 0 Å². The zero-order valence-corrected chi connectivity index (χ0v) is 9.40. The Morgan fingerprint density at radius 2 is 1.94 bits per heavy atom. The molecule has 0 bridgehead atoms. The van der Waals surface area contributed by atoms with Gasteiger partial charge in [-0.3, -0.25) is 0 Å². The van der Waals surface area contributed by atoms with E-state index in [1.165, 1.54) is 0 Å². The molecule has 17 heavy (non-hydrogen) atoms. The molecule has 1 aromatic carbocycles. The highest BCUT2D eigenvalue weighted by Gasteiger charge is 2.14. The van der Waals surface area contributed by atoms with Crippen LogP contribution < -0.4 is 15.8 Å². The maximum absolute atomic E-state index is 8.74. The van der Waals surface area contributed by atoms with Crippen LogP contribution in [0.5, 0.6) is 0 Å². The molecule has 1 saturated heterocycles. The lowest BCUT2D eigenvalue weighted by molar-refractivity contribution is 0.306. The third-order valence-electron chi connectivity index (χ3n) is 2.51. The van der Waals surface area contributed by atoms with Crippen LogP contribution in [-0.4, -0.2) is 12.6 Å². The summed E-state index contributed by atoms with van der Waals surface area (Å²) in [7, 11) is 0. The first-order chi connectivity index (χ1) is 8.24. The third-order valence-corrected chi connectivity index (χ3v) is 2.51. The van der Waals surface area contributed by atoms with E-state index in [1.807, 2.05) is 31.2 Å².